The molecule has 18 heavy (non-hydrogen) atoms. The van der Waals surface area contributed by atoms with Crippen LogP contribution in [-0.2, 0) is 0 Å². The predicted molar refractivity (Wildman–Crippen MR) is 75.1 cm³/mol. The Morgan fingerprint density at radius 2 is 1.94 bits per heavy atom. The molecule has 1 aliphatic rings. The average molecular weight is 285 g/mol. The molecule has 0 radical (unpaired) electrons. The first-order valence-electron chi connectivity index (χ1n) is 5.78. The summed E-state index contributed by atoms with van der Waals surface area (Å²) in [6.45, 7) is 0. The quantitative estimate of drug-likeness (QED) is 0.646. The van der Waals surface area contributed by atoms with Crippen LogP contribution in [0.2, 0.25) is 10.0 Å². The molecule has 0 aromatic heterocycles. The smallest absolute Gasteiger partial charge is 0.251 e. The van der Waals surface area contributed by atoms with E-state index in [1.807, 2.05) is 0 Å². The van der Waals surface area contributed by atoms with Gasteiger partial charge in [0.25, 0.3) is 5.91 Å². The van der Waals surface area contributed by atoms with E-state index in [2.05, 4.69) is 17.5 Å². The summed E-state index contributed by atoms with van der Waals surface area (Å²) in [4.78, 5) is 12.0. The van der Waals surface area contributed by atoms with Crippen molar-refractivity contribution in [3.05, 3.63) is 39.9 Å². The fourth-order valence-electron chi connectivity index (χ4n) is 1.91. The number of hydrogen-bond donors (Lipinski definition) is 2. The Balaban J connectivity index is 2.11. The average Bonchev–Trinajstić information content (AvgIpc) is 2.36. The summed E-state index contributed by atoms with van der Waals surface area (Å²) in [6.07, 6.45) is 7.02. The van der Waals surface area contributed by atoms with Gasteiger partial charge in [-0.1, -0.05) is 35.4 Å². The molecule has 1 amide bonds. The molecule has 3 N–H and O–H groups in total. The van der Waals surface area contributed by atoms with Gasteiger partial charge in [0.15, 0.2) is 0 Å². The van der Waals surface area contributed by atoms with Crippen LogP contribution in [-0.4, -0.2) is 11.9 Å². The summed E-state index contributed by atoms with van der Waals surface area (Å²) in [5, 5.41) is 3.56. The van der Waals surface area contributed by atoms with Crippen molar-refractivity contribution in [2.45, 2.75) is 25.3 Å². The zero-order valence-electron chi connectivity index (χ0n) is 9.75. The highest BCUT2D eigenvalue weighted by Crippen LogP contribution is 2.28. The van der Waals surface area contributed by atoms with E-state index in [1.165, 1.54) is 12.1 Å². The van der Waals surface area contributed by atoms with Gasteiger partial charge < -0.3 is 11.1 Å². The molecule has 0 aliphatic heterocycles. The maximum atomic E-state index is 12.0. The highest BCUT2D eigenvalue weighted by molar-refractivity contribution is 6.39. The normalized spacial score (nSPS) is 18.7. The third-order valence-corrected chi connectivity index (χ3v) is 3.57. The Hall–Kier alpha value is -1.19. The van der Waals surface area contributed by atoms with Gasteiger partial charge in [0.05, 0.1) is 15.7 Å². The Morgan fingerprint density at radius 3 is 2.50 bits per heavy atom. The van der Waals surface area contributed by atoms with Crippen molar-refractivity contribution in [2.24, 2.45) is 0 Å². The van der Waals surface area contributed by atoms with E-state index < -0.39 is 0 Å². The van der Waals surface area contributed by atoms with Gasteiger partial charge in [-0.3, -0.25) is 4.79 Å². The molecule has 0 spiro atoms. The van der Waals surface area contributed by atoms with Crippen molar-refractivity contribution < 1.29 is 4.79 Å². The fraction of sp³-hybridized carbons (Fsp3) is 0.308. The van der Waals surface area contributed by atoms with Crippen molar-refractivity contribution in [3.63, 3.8) is 0 Å². The molecule has 1 unspecified atom stereocenters. The van der Waals surface area contributed by atoms with Crippen molar-refractivity contribution in [2.75, 3.05) is 5.73 Å². The summed E-state index contributed by atoms with van der Waals surface area (Å²) < 4.78 is 0. The fourth-order valence-corrected chi connectivity index (χ4v) is 2.40. The number of carbonyl (C=O) groups excluding carboxylic acids is 1. The number of allylic oxidation sites excluding steroid dienone is 1. The van der Waals surface area contributed by atoms with Gasteiger partial charge in [0, 0.05) is 11.6 Å². The highest BCUT2D eigenvalue weighted by atomic mass is 35.5. The first-order valence-corrected chi connectivity index (χ1v) is 6.54. The molecule has 1 aliphatic carbocycles. The highest BCUT2D eigenvalue weighted by Gasteiger charge is 2.16. The first kappa shape index (κ1) is 13.2. The number of nitrogen functional groups attached to an aromatic ring is 1. The molecular weight excluding hydrogens is 271 g/mol. The second-order valence-corrected chi connectivity index (χ2v) is 5.12. The van der Waals surface area contributed by atoms with Crippen LogP contribution in [0.25, 0.3) is 0 Å². The van der Waals surface area contributed by atoms with Crippen LogP contribution in [0.4, 0.5) is 5.69 Å². The van der Waals surface area contributed by atoms with Crippen LogP contribution in [0, 0.1) is 0 Å². The number of carbonyl (C=O) groups is 1. The number of anilines is 1. The molecule has 0 saturated heterocycles. The number of nitrogens with one attached hydrogen (secondary N) is 1. The number of amides is 1. The van der Waals surface area contributed by atoms with E-state index >= 15 is 0 Å². The van der Waals surface area contributed by atoms with Crippen molar-refractivity contribution >= 4 is 34.8 Å². The van der Waals surface area contributed by atoms with Gasteiger partial charge in [0.1, 0.15) is 0 Å². The summed E-state index contributed by atoms with van der Waals surface area (Å²) >= 11 is 11.8. The number of halogens is 2. The maximum Gasteiger partial charge on any atom is 0.251 e. The van der Waals surface area contributed by atoms with Gasteiger partial charge in [-0.2, -0.15) is 0 Å². The zero-order valence-corrected chi connectivity index (χ0v) is 11.3. The minimum absolute atomic E-state index is 0.167. The number of rotatable bonds is 2. The summed E-state index contributed by atoms with van der Waals surface area (Å²) in [5.74, 6) is -0.167. The van der Waals surface area contributed by atoms with Gasteiger partial charge in [0.2, 0.25) is 0 Å². The van der Waals surface area contributed by atoms with E-state index in [0.717, 1.165) is 19.3 Å². The summed E-state index contributed by atoms with van der Waals surface area (Å²) in [7, 11) is 0. The Bertz CT molecular complexity index is 477. The van der Waals surface area contributed by atoms with Crippen molar-refractivity contribution in [1.29, 1.82) is 0 Å². The van der Waals surface area contributed by atoms with E-state index in [9.17, 15) is 4.79 Å². The third-order valence-electron chi connectivity index (χ3n) is 2.95. The molecule has 5 heteroatoms. The van der Waals surface area contributed by atoms with E-state index in [1.54, 1.807) is 0 Å². The maximum absolute atomic E-state index is 12.0. The Morgan fingerprint density at radius 1 is 1.28 bits per heavy atom. The van der Waals surface area contributed by atoms with Crippen LogP contribution in [0.1, 0.15) is 29.6 Å². The van der Waals surface area contributed by atoms with E-state index in [4.69, 9.17) is 28.9 Å². The molecule has 1 atom stereocenters. The second-order valence-electron chi connectivity index (χ2n) is 4.31. The zero-order chi connectivity index (χ0) is 13.1. The van der Waals surface area contributed by atoms with Crippen molar-refractivity contribution in [3.8, 4) is 0 Å². The first-order chi connectivity index (χ1) is 8.58. The molecule has 2 rings (SSSR count). The van der Waals surface area contributed by atoms with Gasteiger partial charge in [-0.05, 0) is 31.4 Å². The largest absolute Gasteiger partial charge is 0.396 e. The van der Waals surface area contributed by atoms with Crippen LogP contribution >= 0.6 is 23.2 Å². The molecule has 3 nitrogen and oxygen atoms in total. The number of nitrogens with two attached hydrogens (primary N) is 1. The molecule has 0 heterocycles. The number of hydrogen-bond acceptors (Lipinski definition) is 2. The third kappa shape index (κ3) is 2.98. The van der Waals surface area contributed by atoms with Crippen LogP contribution in [0.3, 0.4) is 0 Å². The molecule has 0 bridgehead atoms. The topological polar surface area (TPSA) is 55.1 Å². The minimum atomic E-state index is -0.167. The van der Waals surface area contributed by atoms with Crippen molar-refractivity contribution in [1.82, 2.24) is 5.32 Å². The molecule has 1 aromatic carbocycles. The SMILES string of the molecule is Nc1c(Cl)cc(C(=O)NC2CC=CCC2)cc1Cl. The van der Waals surface area contributed by atoms with Gasteiger partial charge in [-0.25, -0.2) is 0 Å². The Kier molecular flexibility index (Phi) is 4.15. The van der Waals surface area contributed by atoms with Crippen LogP contribution < -0.4 is 11.1 Å². The van der Waals surface area contributed by atoms with Crippen LogP contribution in [0.15, 0.2) is 24.3 Å². The van der Waals surface area contributed by atoms with Gasteiger partial charge >= 0.3 is 0 Å². The lowest BCUT2D eigenvalue weighted by molar-refractivity contribution is 0.0935. The molecule has 96 valence electrons. The van der Waals surface area contributed by atoms with Crippen LogP contribution in [0.5, 0.6) is 0 Å². The lowest BCUT2D eigenvalue weighted by atomic mass is 10.0. The molecule has 1 aromatic rings. The van der Waals surface area contributed by atoms with E-state index in [0.29, 0.717) is 21.3 Å². The lowest BCUT2D eigenvalue weighted by Gasteiger charge is -2.19. The second kappa shape index (κ2) is 5.63. The van der Waals surface area contributed by atoms with Gasteiger partial charge in [-0.15, -0.1) is 0 Å². The standard InChI is InChI=1S/C13H14Cl2N2O/c14-10-6-8(7-11(15)12(10)16)13(18)17-9-4-2-1-3-5-9/h1-2,6-7,9H,3-5,16H2,(H,17,18). The monoisotopic (exact) mass is 284 g/mol. The van der Waals surface area contributed by atoms with E-state index in [-0.39, 0.29) is 11.9 Å². The lowest BCUT2D eigenvalue weighted by Crippen LogP contribution is -2.35. The summed E-state index contributed by atoms with van der Waals surface area (Å²) in [6, 6.07) is 3.26. The minimum Gasteiger partial charge on any atom is -0.396 e. The summed E-state index contributed by atoms with van der Waals surface area (Å²) in [5.41, 5.74) is 6.37. The number of benzene rings is 1. The molecular formula is C13H14Cl2N2O. The molecule has 0 saturated carbocycles. The predicted octanol–water partition coefficient (Wildman–Crippen LogP) is 3.41. The molecule has 0 fully saturated rings. The Labute approximate surface area is 116 Å².